The second-order valence-corrected chi connectivity index (χ2v) is 6.37. The van der Waals surface area contributed by atoms with Crippen LogP contribution in [0.2, 0.25) is 0 Å². The Bertz CT molecular complexity index is 645. The molecule has 3 nitrogen and oxygen atoms in total. The van der Waals surface area contributed by atoms with Gasteiger partial charge in [0.25, 0.3) is 0 Å². The highest BCUT2D eigenvalue weighted by Crippen LogP contribution is 2.58. The van der Waals surface area contributed by atoms with E-state index in [0.717, 1.165) is 13.0 Å². The van der Waals surface area contributed by atoms with Crippen molar-refractivity contribution in [1.82, 2.24) is 4.98 Å². The highest BCUT2D eigenvalue weighted by molar-refractivity contribution is 5.93. The fourth-order valence-electron chi connectivity index (χ4n) is 4.07. The lowest BCUT2D eigenvalue weighted by Crippen LogP contribution is -2.64. The molecule has 1 aromatic carbocycles. The second kappa shape index (κ2) is 4.99. The number of fused-ring (bicyclic) bond motifs is 1. The van der Waals surface area contributed by atoms with Crippen molar-refractivity contribution in [2.75, 3.05) is 11.9 Å². The zero-order valence-corrected chi connectivity index (χ0v) is 12.5. The maximum Gasteiger partial charge on any atom is 0.0670 e. The molecule has 1 N–H and O–H groups in total. The quantitative estimate of drug-likeness (QED) is 0.920. The van der Waals surface area contributed by atoms with Gasteiger partial charge >= 0.3 is 0 Å². The smallest absolute Gasteiger partial charge is 0.0670 e. The Morgan fingerprint density at radius 3 is 3.00 bits per heavy atom. The average Bonchev–Trinajstić information content (AvgIpc) is 2.44. The molecule has 2 aliphatic carbocycles. The molecule has 2 unspecified atom stereocenters. The summed E-state index contributed by atoms with van der Waals surface area (Å²) in [5.74, 6) is 0. The molecule has 3 heteroatoms. The summed E-state index contributed by atoms with van der Waals surface area (Å²) in [6.07, 6.45) is 9.36. The van der Waals surface area contributed by atoms with E-state index in [1.165, 1.54) is 35.7 Å². The highest BCUT2D eigenvalue weighted by Gasteiger charge is 2.58. The van der Waals surface area contributed by atoms with E-state index in [9.17, 15) is 0 Å². The van der Waals surface area contributed by atoms with Crippen molar-refractivity contribution in [1.29, 1.82) is 0 Å². The number of benzene rings is 1. The zero-order valence-electron chi connectivity index (χ0n) is 12.5. The molecule has 1 aromatic heterocycles. The molecular weight excluding hydrogens is 260 g/mol. The van der Waals surface area contributed by atoms with E-state index < -0.39 is 0 Å². The molecule has 2 saturated carbocycles. The van der Waals surface area contributed by atoms with Crippen molar-refractivity contribution in [3.05, 3.63) is 36.7 Å². The molecule has 4 rings (SSSR count). The van der Waals surface area contributed by atoms with Crippen LogP contribution >= 0.6 is 0 Å². The fraction of sp³-hybridized carbons (Fsp3) is 0.500. The molecule has 2 aromatic rings. The van der Waals surface area contributed by atoms with Crippen LogP contribution < -0.4 is 5.32 Å². The number of aromatic nitrogens is 1. The summed E-state index contributed by atoms with van der Waals surface area (Å²) in [5, 5.41) is 6.25. The van der Waals surface area contributed by atoms with Crippen LogP contribution in [0.1, 0.15) is 32.6 Å². The first-order valence-corrected chi connectivity index (χ1v) is 8.04. The van der Waals surface area contributed by atoms with Crippen LogP contribution in [0, 0.1) is 5.41 Å². The molecule has 110 valence electrons. The number of ether oxygens (including phenoxy) is 1. The molecule has 2 atom stereocenters. The molecule has 0 radical (unpaired) electrons. The lowest BCUT2D eigenvalue weighted by molar-refractivity contribution is -0.157. The summed E-state index contributed by atoms with van der Waals surface area (Å²) in [6, 6.07) is 9.06. The number of nitrogens with one attached hydrogen (secondary N) is 1. The fourth-order valence-corrected chi connectivity index (χ4v) is 4.07. The SMILES string of the molecule is CCOC1CC(Nc2cccc3ccncc23)C12CCC2. The molecule has 1 spiro atoms. The van der Waals surface area contributed by atoms with Gasteiger partial charge in [-0.05, 0) is 43.7 Å². The summed E-state index contributed by atoms with van der Waals surface area (Å²) in [4.78, 5) is 4.27. The van der Waals surface area contributed by atoms with Gasteiger partial charge in [-0.1, -0.05) is 18.6 Å². The van der Waals surface area contributed by atoms with Crippen LogP contribution in [0.25, 0.3) is 10.8 Å². The number of pyridine rings is 1. The minimum Gasteiger partial charge on any atom is -0.381 e. The van der Waals surface area contributed by atoms with Gasteiger partial charge in [0, 0.05) is 41.5 Å². The third-order valence-corrected chi connectivity index (χ3v) is 5.45. The van der Waals surface area contributed by atoms with Crippen molar-refractivity contribution in [2.24, 2.45) is 5.41 Å². The number of nitrogens with zero attached hydrogens (tertiary/aromatic N) is 1. The molecule has 0 amide bonds. The van der Waals surface area contributed by atoms with Gasteiger partial charge in [-0.15, -0.1) is 0 Å². The first-order chi connectivity index (χ1) is 10.3. The largest absolute Gasteiger partial charge is 0.381 e. The summed E-state index contributed by atoms with van der Waals surface area (Å²) < 4.78 is 5.94. The van der Waals surface area contributed by atoms with E-state index in [1.54, 1.807) is 0 Å². The van der Waals surface area contributed by atoms with E-state index in [1.807, 2.05) is 12.4 Å². The Balaban J connectivity index is 1.59. The van der Waals surface area contributed by atoms with E-state index in [-0.39, 0.29) is 0 Å². The number of anilines is 1. The topological polar surface area (TPSA) is 34.1 Å². The molecule has 0 saturated heterocycles. The van der Waals surface area contributed by atoms with Crippen molar-refractivity contribution in [3.8, 4) is 0 Å². The van der Waals surface area contributed by atoms with Crippen molar-refractivity contribution in [2.45, 2.75) is 44.8 Å². The maximum absolute atomic E-state index is 5.94. The minimum atomic E-state index is 0.389. The minimum absolute atomic E-state index is 0.389. The second-order valence-electron chi connectivity index (χ2n) is 6.37. The first kappa shape index (κ1) is 13.1. The van der Waals surface area contributed by atoms with Crippen LogP contribution in [0.4, 0.5) is 5.69 Å². The monoisotopic (exact) mass is 282 g/mol. The van der Waals surface area contributed by atoms with Crippen molar-refractivity contribution < 1.29 is 4.74 Å². The maximum atomic E-state index is 5.94. The Morgan fingerprint density at radius 1 is 1.33 bits per heavy atom. The molecule has 0 bridgehead atoms. The standard InChI is InChI=1S/C18H22N2O/c1-2-21-17-11-16(18(17)8-4-9-18)20-15-6-3-5-13-7-10-19-12-14(13)15/h3,5-7,10,12,16-17,20H,2,4,8-9,11H2,1H3. The third kappa shape index (κ3) is 1.95. The van der Waals surface area contributed by atoms with Gasteiger partial charge in [-0.2, -0.15) is 0 Å². The molecule has 1 heterocycles. The molecule has 0 aliphatic heterocycles. The van der Waals surface area contributed by atoms with Gasteiger partial charge < -0.3 is 10.1 Å². The van der Waals surface area contributed by atoms with Gasteiger partial charge in [-0.3, -0.25) is 4.98 Å². The normalized spacial score (nSPS) is 26.3. The number of hydrogen-bond donors (Lipinski definition) is 1. The van der Waals surface area contributed by atoms with Gasteiger partial charge in [0.2, 0.25) is 0 Å². The predicted octanol–water partition coefficient (Wildman–Crippen LogP) is 3.99. The van der Waals surface area contributed by atoms with E-state index >= 15 is 0 Å². The number of hydrogen-bond acceptors (Lipinski definition) is 3. The number of rotatable bonds is 4. The molecule has 2 aliphatic rings. The summed E-state index contributed by atoms with van der Waals surface area (Å²) in [6.45, 7) is 2.93. The Labute approximate surface area is 125 Å². The van der Waals surface area contributed by atoms with Gasteiger partial charge in [0.1, 0.15) is 0 Å². The average molecular weight is 282 g/mol. The van der Waals surface area contributed by atoms with Gasteiger partial charge in [-0.25, -0.2) is 0 Å². The van der Waals surface area contributed by atoms with Crippen LogP contribution in [0.3, 0.4) is 0 Å². The van der Waals surface area contributed by atoms with Crippen molar-refractivity contribution >= 4 is 16.5 Å². The van der Waals surface area contributed by atoms with Crippen LogP contribution in [0.15, 0.2) is 36.7 Å². The predicted molar refractivity (Wildman–Crippen MR) is 85.5 cm³/mol. The Hall–Kier alpha value is -1.61. The zero-order chi connectivity index (χ0) is 14.3. The van der Waals surface area contributed by atoms with Crippen LogP contribution in [-0.2, 0) is 4.74 Å². The van der Waals surface area contributed by atoms with E-state index in [2.05, 4.69) is 41.5 Å². The Morgan fingerprint density at radius 2 is 2.24 bits per heavy atom. The van der Waals surface area contributed by atoms with Crippen LogP contribution in [0.5, 0.6) is 0 Å². The first-order valence-electron chi connectivity index (χ1n) is 8.04. The lowest BCUT2D eigenvalue weighted by Gasteiger charge is -2.61. The van der Waals surface area contributed by atoms with Crippen molar-refractivity contribution in [3.63, 3.8) is 0 Å². The Kier molecular flexibility index (Phi) is 3.11. The van der Waals surface area contributed by atoms with Crippen LogP contribution in [-0.4, -0.2) is 23.7 Å². The molecule has 2 fully saturated rings. The molecule has 21 heavy (non-hydrogen) atoms. The lowest BCUT2D eigenvalue weighted by atomic mass is 9.51. The highest BCUT2D eigenvalue weighted by atomic mass is 16.5. The molecular formula is C18H22N2O. The van der Waals surface area contributed by atoms with E-state index in [4.69, 9.17) is 4.74 Å². The third-order valence-electron chi connectivity index (χ3n) is 5.45. The van der Waals surface area contributed by atoms with Gasteiger partial charge in [0.05, 0.1) is 6.10 Å². The summed E-state index contributed by atoms with van der Waals surface area (Å²) >= 11 is 0. The van der Waals surface area contributed by atoms with Gasteiger partial charge in [0.15, 0.2) is 0 Å². The summed E-state index contributed by atoms with van der Waals surface area (Å²) in [7, 11) is 0. The summed E-state index contributed by atoms with van der Waals surface area (Å²) in [5.41, 5.74) is 1.60. The van der Waals surface area contributed by atoms with E-state index in [0.29, 0.717) is 17.6 Å².